The van der Waals surface area contributed by atoms with Crippen LogP contribution in [0.15, 0.2) is 48.5 Å². The third-order valence-corrected chi connectivity index (χ3v) is 3.38. The molecule has 3 nitrogen and oxygen atoms in total. The summed E-state index contributed by atoms with van der Waals surface area (Å²) in [6, 6.07) is 15.7. The summed E-state index contributed by atoms with van der Waals surface area (Å²) < 4.78 is 11.0. The number of ketones is 1. The Bertz CT molecular complexity index is 628. The average Bonchev–Trinajstić information content (AvgIpc) is 3.02. The highest BCUT2D eigenvalue weighted by Crippen LogP contribution is 2.28. The maximum atomic E-state index is 11.5. The van der Waals surface area contributed by atoms with Crippen molar-refractivity contribution in [2.24, 2.45) is 0 Å². The van der Waals surface area contributed by atoms with Crippen molar-refractivity contribution < 1.29 is 14.3 Å². The Morgan fingerprint density at radius 2 is 1.65 bits per heavy atom. The highest BCUT2D eigenvalue weighted by molar-refractivity contribution is 5.95. The first-order valence-corrected chi connectivity index (χ1v) is 6.68. The van der Waals surface area contributed by atoms with Gasteiger partial charge in [0, 0.05) is 11.1 Å². The van der Waals surface area contributed by atoms with Gasteiger partial charge in [0.25, 0.3) is 0 Å². The molecule has 0 radical (unpaired) electrons. The van der Waals surface area contributed by atoms with Crippen LogP contribution < -0.4 is 0 Å². The fourth-order valence-electron chi connectivity index (χ4n) is 2.33. The minimum atomic E-state index is -0.272. The molecule has 3 heteroatoms. The Kier molecular flexibility index (Phi) is 3.63. The van der Waals surface area contributed by atoms with Crippen LogP contribution in [0.1, 0.15) is 29.1 Å². The van der Waals surface area contributed by atoms with Gasteiger partial charge in [0.2, 0.25) is 0 Å². The molecule has 1 saturated heterocycles. The molecule has 0 bridgehead atoms. The number of Topliss-reactive ketones (excluding diaryl/α,β-unsaturated/α-hetero) is 1. The van der Waals surface area contributed by atoms with E-state index in [-0.39, 0.29) is 12.1 Å². The second-order valence-electron chi connectivity index (χ2n) is 4.84. The Morgan fingerprint density at radius 3 is 2.35 bits per heavy atom. The fourth-order valence-corrected chi connectivity index (χ4v) is 2.33. The molecule has 102 valence electrons. The molecule has 0 aliphatic carbocycles. The van der Waals surface area contributed by atoms with Crippen LogP contribution in [0.25, 0.3) is 11.1 Å². The lowest BCUT2D eigenvalue weighted by Crippen LogP contribution is -1.98. The molecule has 20 heavy (non-hydrogen) atoms. The number of hydrogen-bond acceptors (Lipinski definition) is 3. The molecule has 0 spiro atoms. The summed E-state index contributed by atoms with van der Waals surface area (Å²) in [6.45, 7) is 2.85. The topological polar surface area (TPSA) is 35.5 Å². The quantitative estimate of drug-likeness (QED) is 0.798. The lowest BCUT2D eigenvalue weighted by molar-refractivity contribution is -0.0440. The molecule has 0 aromatic heterocycles. The molecule has 3 rings (SSSR count). The molecule has 0 unspecified atom stereocenters. The van der Waals surface area contributed by atoms with Crippen molar-refractivity contribution in [1.29, 1.82) is 0 Å². The van der Waals surface area contributed by atoms with Gasteiger partial charge in [0.1, 0.15) is 0 Å². The van der Waals surface area contributed by atoms with Crippen molar-refractivity contribution in [3.05, 3.63) is 59.7 Å². The summed E-state index contributed by atoms with van der Waals surface area (Å²) in [6.07, 6.45) is -0.272. The van der Waals surface area contributed by atoms with Gasteiger partial charge < -0.3 is 9.47 Å². The van der Waals surface area contributed by atoms with Gasteiger partial charge in [0.15, 0.2) is 12.1 Å². The van der Waals surface area contributed by atoms with Crippen molar-refractivity contribution in [3.63, 3.8) is 0 Å². The number of carbonyl (C=O) groups is 1. The lowest BCUT2D eigenvalue weighted by atomic mass is 10.00. The third-order valence-electron chi connectivity index (χ3n) is 3.38. The molecule has 1 heterocycles. The summed E-state index contributed by atoms with van der Waals surface area (Å²) in [5.74, 6) is 0.0745. The number of carbonyl (C=O) groups excluding carboxylic acids is 1. The minimum Gasteiger partial charge on any atom is -0.346 e. The summed E-state index contributed by atoms with van der Waals surface area (Å²) in [4.78, 5) is 11.5. The van der Waals surface area contributed by atoms with Crippen LogP contribution in [-0.4, -0.2) is 19.0 Å². The highest BCUT2D eigenvalue weighted by Gasteiger charge is 2.18. The zero-order valence-corrected chi connectivity index (χ0v) is 11.3. The molecule has 2 aromatic carbocycles. The molecule has 0 atom stereocenters. The number of rotatable bonds is 3. The average molecular weight is 268 g/mol. The van der Waals surface area contributed by atoms with E-state index in [1.807, 2.05) is 42.5 Å². The van der Waals surface area contributed by atoms with Crippen LogP contribution in [0.3, 0.4) is 0 Å². The normalized spacial score (nSPS) is 15.4. The molecule has 0 amide bonds. The Hall–Kier alpha value is -1.97. The first-order valence-electron chi connectivity index (χ1n) is 6.68. The smallest absolute Gasteiger partial charge is 0.184 e. The van der Waals surface area contributed by atoms with Gasteiger partial charge in [-0.25, -0.2) is 0 Å². The maximum Gasteiger partial charge on any atom is 0.184 e. The Labute approximate surface area is 118 Å². The van der Waals surface area contributed by atoms with E-state index in [4.69, 9.17) is 9.47 Å². The molecule has 0 N–H and O–H groups in total. The summed E-state index contributed by atoms with van der Waals surface area (Å²) in [7, 11) is 0. The molecule has 1 aliphatic rings. The summed E-state index contributed by atoms with van der Waals surface area (Å²) >= 11 is 0. The van der Waals surface area contributed by atoms with Gasteiger partial charge in [-0.3, -0.25) is 4.79 Å². The van der Waals surface area contributed by atoms with Crippen molar-refractivity contribution in [2.75, 3.05) is 13.2 Å². The van der Waals surface area contributed by atoms with Crippen LogP contribution in [0, 0.1) is 0 Å². The number of benzene rings is 2. The second kappa shape index (κ2) is 5.57. The minimum absolute atomic E-state index is 0.0745. The predicted molar refractivity (Wildman–Crippen MR) is 76.5 cm³/mol. The van der Waals surface area contributed by atoms with E-state index in [1.54, 1.807) is 6.92 Å². The third kappa shape index (κ3) is 2.64. The first kappa shape index (κ1) is 13.0. The van der Waals surface area contributed by atoms with Gasteiger partial charge in [-0.1, -0.05) is 36.4 Å². The van der Waals surface area contributed by atoms with Crippen molar-refractivity contribution in [2.45, 2.75) is 13.2 Å². The van der Waals surface area contributed by atoms with E-state index in [0.29, 0.717) is 13.2 Å². The van der Waals surface area contributed by atoms with E-state index < -0.39 is 0 Å². The van der Waals surface area contributed by atoms with Gasteiger partial charge in [-0.05, 0) is 30.2 Å². The molecular weight excluding hydrogens is 252 g/mol. The highest BCUT2D eigenvalue weighted by atomic mass is 16.7. The van der Waals surface area contributed by atoms with Gasteiger partial charge >= 0.3 is 0 Å². The zero-order chi connectivity index (χ0) is 13.9. The number of ether oxygens (including phenoxy) is 2. The molecule has 2 aromatic rings. The SMILES string of the molecule is CC(=O)c1cccc(-c2cccc(C3OCCO3)c2)c1. The molecule has 0 saturated carbocycles. The van der Waals surface area contributed by atoms with E-state index >= 15 is 0 Å². The van der Waals surface area contributed by atoms with Crippen molar-refractivity contribution in [1.82, 2.24) is 0 Å². The summed E-state index contributed by atoms with van der Waals surface area (Å²) in [5.41, 5.74) is 3.82. The van der Waals surface area contributed by atoms with E-state index in [9.17, 15) is 4.79 Å². The monoisotopic (exact) mass is 268 g/mol. The summed E-state index contributed by atoms with van der Waals surface area (Å²) in [5, 5.41) is 0. The molecule has 1 aliphatic heterocycles. The Morgan fingerprint density at radius 1 is 1.00 bits per heavy atom. The fraction of sp³-hybridized carbons (Fsp3) is 0.235. The molecular formula is C17H16O3. The maximum absolute atomic E-state index is 11.5. The standard InChI is InChI=1S/C17H16O3/c1-12(18)13-4-2-5-14(10-13)15-6-3-7-16(11-15)17-19-8-9-20-17/h2-7,10-11,17H,8-9H2,1H3. The first-order chi connectivity index (χ1) is 9.74. The van der Waals surface area contributed by atoms with Gasteiger partial charge in [0.05, 0.1) is 13.2 Å². The van der Waals surface area contributed by atoms with Crippen LogP contribution in [0.2, 0.25) is 0 Å². The zero-order valence-electron chi connectivity index (χ0n) is 11.3. The van der Waals surface area contributed by atoms with Crippen LogP contribution in [0.4, 0.5) is 0 Å². The van der Waals surface area contributed by atoms with Crippen LogP contribution in [0.5, 0.6) is 0 Å². The van der Waals surface area contributed by atoms with Gasteiger partial charge in [-0.15, -0.1) is 0 Å². The lowest BCUT2D eigenvalue weighted by Gasteiger charge is -2.11. The van der Waals surface area contributed by atoms with E-state index in [0.717, 1.165) is 22.3 Å². The second-order valence-corrected chi connectivity index (χ2v) is 4.84. The molecule has 1 fully saturated rings. The van der Waals surface area contributed by atoms with Crippen molar-refractivity contribution >= 4 is 5.78 Å². The van der Waals surface area contributed by atoms with Crippen LogP contribution >= 0.6 is 0 Å². The van der Waals surface area contributed by atoms with Crippen molar-refractivity contribution in [3.8, 4) is 11.1 Å². The largest absolute Gasteiger partial charge is 0.346 e. The van der Waals surface area contributed by atoms with E-state index in [1.165, 1.54) is 0 Å². The van der Waals surface area contributed by atoms with Crippen LogP contribution in [-0.2, 0) is 9.47 Å². The Balaban J connectivity index is 1.95. The van der Waals surface area contributed by atoms with Gasteiger partial charge in [-0.2, -0.15) is 0 Å². The predicted octanol–water partition coefficient (Wildman–Crippen LogP) is 3.60. The number of hydrogen-bond donors (Lipinski definition) is 0. The van der Waals surface area contributed by atoms with E-state index in [2.05, 4.69) is 6.07 Å².